The van der Waals surface area contributed by atoms with Gasteiger partial charge >= 0.3 is 0 Å². The van der Waals surface area contributed by atoms with Crippen molar-refractivity contribution in [2.24, 2.45) is 5.10 Å². The number of amides is 1. The van der Waals surface area contributed by atoms with Crippen LogP contribution in [0.15, 0.2) is 58.1 Å². The molecule has 0 aliphatic rings. The van der Waals surface area contributed by atoms with E-state index in [0.29, 0.717) is 10.8 Å². The van der Waals surface area contributed by atoms with Gasteiger partial charge in [0.1, 0.15) is 5.75 Å². The maximum atomic E-state index is 12.1. The minimum atomic E-state index is -0.326. The highest BCUT2D eigenvalue weighted by atomic mass is 79.9. The smallest absolute Gasteiger partial charge is 0.277 e. The molecule has 0 aliphatic carbocycles. The van der Waals surface area contributed by atoms with Gasteiger partial charge in [-0.1, -0.05) is 77.6 Å². The van der Waals surface area contributed by atoms with Gasteiger partial charge in [-0.15, -0.1) is 0 Å². The summed E-state index contributed by atoms with van der Waals surface area (Å²) >= 11 is 9.41. The lowest BCUT2D eigenvalue weighted by molar-refractivity contribution is -0.123. The zero-order valence-corrected chi connectivity index (χ0v) is 17.0. The lowest BCUT2D eigenvalue weighted by Crippen LogP contribution is -2.26. The molecular formula is C20H22BrClN2O2. The molecule has 0 fully saturated rings. The molecule has 0 heterocycles. The lowest BCUT2D eigenvalue weighted by Gasteiger charge is -2.09. The van der Waals surface area contributed by atoms with Crippen molar-refractivity contribution < 1.29 is 9.53 Å². The molecule has 0 spiro atoms. The van der Waals surface area contributed by atoms with Gasteiger partial charge in [0.2, 0.25) is 0 Å². The van der Waals surface area contributed by atoms with Crippen LogP contribution in [0.3, 0.4) is 0 Å². The van der Waals surface area contributed by atoms with Crippen molar-refractivity contribution in [2.75, 3.05) is 6.61 Å². The molecule has 0 atom stereocenters. The standard InChI is InChI=1S/C20H22BrClN2O2/c1-2-3-5-10-18(15-8-6-4-7-9-15)23-24-20(25)14-26-19-12-11-16(21)13-17(19)22/h4,6-9,11-13H,2-3,5,10,14H2,1H3,(H,24,25)/b23-18+. The van der Waals surface area contributed by atoms with Crippen LogP contribution in [0.25, 0.3) is 0 Å². The topological polar surface area (TPSA) is 50.7 Å². The van der Waals surface area contributed by atoms with Gasteiger partial charge in [-0.3, -0.25) is 4.79 Å². The van der Waals surface area contributed by atoms with E-state index in [1.54, 1.807) is 18.2 Å². The molecule has 6 heteroatoms. The predicted octanol–water partition coefficient (Wildman–Crippen LogP) is 5.58. The van der Waals surface area contributed by atoms with Crippen LogP contribution in [-0.4, -0.2) is 18.2 Å². The van der Waals surface area contributed by atoms with Crippen LogP contribution in [0.2, 0.25) is 5.02 Å². The third-order valence-corrected chi connectivity index (χ3v) is 4.48. The number of hydrogen-bond acceptors (Lipinski definition) is 3. The highest BCUT2D eigenvalue weighted by molar-refractivity contribution is 9.10. The van der Waals surface area contributed by atoms with Crippen molar-refractivity contribution >= 4 is 39.1 Å². The summed E-state index contributed by atoms with van der Waals surface area (Å²) in [7, 11) is 0. The predicted molar refractivity (Wildman–Crippen MR) is 110 cm³/mol. The Morgan fingerprint density at radius 3 is 2.65 bits per heavy atom. The molecule has 0 unspecified atom stereocenters. The van der Waals surface area contributed by atoms with Crippen LogP contribution < -0.4 is 10.2 Å². The van der Waals surface area contributed by atoms with Crippen molar-refractivity contribution in [1.29, 1.82) is 0 Å². The van der Waals surface area contributed by atoms with Gasteiger partial charge in [-0.25, -0.2) is 5.43 Å². The summed E-state index contributed by atoms with van der Waals surface area (Å²) < 4.78 is 6.31. The van der Waals surface area contributed by atoms with Crippen LogP contribution in [-0.2, 0) is 4.79 Å². The summed E-state index contributed by atoms with van der Waals surface area (Å²) in [4.78, 5) is 12.1. The molecule has 26 heavy (non-hydrogen) atoms. The fourth-order valence-corrected chi connectivity index (χ4v) is 3.06. The molecule has 2 rings (SSSR count). The van der Waals surface area contributed by atoms with Crippen molar-refractivity contribution in [1.82, 2.24) is 5.43 Å². The summed E-state index contributed by atoms with van der Waals surface area (Å²) in [6, 6.07) is 15.1. The van der Waals surface area contributed by atoms with Gasteiger partial charge in [0.05, 0.1) is 10.7 Å². The highest BCUT2D eigenvalue weighted by Gasteiger charge is 2.08. The molecule has 0 saturated carbocycles. The van der Waals surface area contributed by atoms with Gasteiger partial charge in [0.25, 0.3) is 5.91 Å². The van der Waals surface area contributed by atoms with Crippen LogP contribution in [0.5, 0.6) is 5.75 Å². The zero-order chi connectivity index (χ0) is 18.8. The average Bonchev–Trinajstić information content (AvgIpc) is 2.64. The second kappa shape index (κ2) is 11.0. The number of carbonyl (C=O) groups excluding carboxylic acids is 1. The van der Waals surface area contributed by atoms with Crippen molar-refractivity contribution in [3.05, 3.63) is 63.6 Å². The van der Waals surface area contributed by atoms with E-state index in [2.05, 4.69) is 33.4 Å². The van der Waals surface area contributed by atoms with Gasteiger partial charge < -0.3 is 4.74 Å². The summed E-state index contributed by atoms with van der Waals surface area (Å²) in [6.45, 7) is 2.01. The molecule has 0 aromatic heterocycles. The molecule has 1 N–H and O–H groups in total. The first-order chi connectivity index (χ1) is 12.6. The number of carbonyl (C=O) groups is 1. The van der Waals surface area contributed by atoms with Crippen LogP contribution in [0.4, 0.5) is 0 Å². The van der Waals surface area contributed by atoms with Crippen molar-refractivity contribution in [3.8, 4) is 5.75 Å². The molecular weight excluding hydrogens is 416 g/mol. The Hall–Kier alpha value is -1.85. The van der Waals surface area contributed by atoms with E-state index >= 15 is 0 Å². The van der Waals surface area contributed by atoms with E-state index in [9.17, 15) is 4.79 Å². The van der Waals surface area contributed by atoms with E-state index in [-0.39, 0.29) is 12.5 Å². The van der Waals surface area contributed by atoms with Crippen LogP contribution >= 0.6 is 27.5 Å². The van der Waals surface area contributed by atoms with Crippen LogP contribution in [0.1, 0.15) is 38.2 Å². The quantitative estimate of drug-likeness (QED) is 0.316. The molecule has 2 aromatic rings. The Kier molecular flexibility index (Phi) is 8.65. The maximum Gasteiger partial charge on any atom is 0.277 e. The summed E-state index contributed by atoms with van der Waals surface area (Å²) in [6.07, 6.45) is 4.11. The molecule has 0 saturated heterocycles. The summed E-state index contributed by atoms with van der Waals surface area (Å²) in [5.41, 5.74) is 4.47. The fraction of sp³-hybridized carbons (Fsp3) is 0.300. The minimum Gasteiger partial charge on any atom is -0.482 e. The molecule has 138 valence electrons. The van der Waals surface area contributed by atoms with Gasteiger partial charge in [0.15, 0.2) is 6.61 Å². The highest BCUT2D eigenvalue weighted by Crippen LogP contribution is 2.27. The lowest BCUT2D eigenvalue weighted by atomic mass is 10.0. The number of nitrogens with one attached hydrogen (secondary N) is 1. The van der Waals surface area contributed by atoms with Crippen molar-refractivity contribution in [3.63, 3.8) is 0 Å². The maximum absolute atomic E-state index is 12.1. The van der Waals surface area contributed by atoms with E-state index < -0.39 is 0 Å². The number of nitrogens with zero attached hydrogens (tertiary/aromatic N) is 1. The molecule has 0 radical (unpaired) electrons. The molecule has 0 aliphatic heterocycles. The molecule has 2 aromatic carbocycles. The van der Waals surface area contributed by atoms with E-state index in [1.807, 2.05) is 30.3 Å². The van der Waals surface area contributed by atoms with E-state index in [0.717, 1.165) is 41.4 Å². The summed E-state index contributed by atoms with van der Waals surface area (Å²) in [5.74, 6) is 0.133. The SMILES string of the molecule is CCCCC/C(=N\NC(=O)COc1ccc(Br)cc1Cl)c1ccccc1. The Morgan fingerprint density at radius 2 is 1.96 bits per heavy atom. The average molecular weight is 438 g/mol. The van der Waals surface area contributed by atoms with Crippen LogP contribution in [0, 0.1) is 0 Å². The Bertz CT molecular complexity index is 751. The Morgan fingerprint density at radius 1 is 1.19 bits per heavy atom. The monoisotopic (exact) mass is 436 g/mol. The Labute approximate surface area is 167 Å². The Balaban J connectivity index is 1.95. The van der Waals surface area contributed by atoms with Gasteiger partial charge in [0, 0.05) is 4.47 Å². The second-order valence-electron chi connectivity index (χ2n) is 5.78. The number of unbranched alkanes of at least 4 members (excludes halogenated alkanes) is 2. The first-order valence-electron chi connectivity index (χ1n) is 8.59. The van der Waals surface area contributed by atoms with Gasteiger partial charge in [-0.2, -0.15) is 5.10 Å². The number of ether oxygens (including phenoxy) is 1. The van der Waals surface area contributed by atoms with Crippen molar-refractivity contribution in [2.45, 2.75) is 32.6 Å². The molecule has 1 amide bonds. The third-order valence-electron chi connectivity index (χ3n) is 3.69. The minimum absolute atomic E-state index is 0.151. The second-order valence-corrected chi connectivity index (χ2v) is 7.10. The third kappa shape index (κ3) is 6.81. The number of hydrazone groups is 1. The summed E-state index contributed by atoms with van der Waals surface area (Å²) in [5, 5.41) is 4.76. The first-order valence-corrected chi connectivity index (χ1v) is 9.76. The largest absolute Gasteiger partial charge is 0.482 e. The van der Waals surface area contributed by atoms with Gasteiger partial charge in [-0.05, 0) is 36.6 Å². The molecule has 0 bridgehead atoms. The molecule has 4 nitrogen and oxygen atoms in total. The zero-order valence-electron chi connectivity index (χ0n) is 14.7. The number of hydrogen-bond donors (Lipinski definition) is 1. The normalized spacial score (nSPS) is 11.3. The fourth-order valence-electron chi connectivity index (χ4n) is 2.34. The number of benzene rings is 2. The number of rotatable bonds is 9. The van der Waals surface area contributed by atoms with E-state index in [4.69, 9.17) is 16.3 Å². The van der Waals surface area contributed by atoms with E-state index in [1.165, 1.54) is 0 Å². The number of halogens is 2. The first kappa shape index (κ1) is 20.5.